The molecule has 0 bridgehead atoms. The molecule has 0 aliphatic heterocycles. The van der Waals surface area contributed by atoms with Crippen molar-refractivity contribution in [2.24, 2.45) is 0 Å². The largest absolute Gasteiger partial charge is 0.458 e. The number of esters is 1. The van der Waals surface area contributed by atoms with Crippen LogP contribution in [0.5, 0.6) is 0 Å². The average molecular weight is 494 g/mol. The summed E-state index contributed by atoms with van der Waals surface area (Å²) >= 11 is 5.82. The third-order valence-corrected chi connectivity index (χ3v) is 4.88. The van der Waals surface area contributed by atoms with E-state index in [0.717, 1.165) is 6.20 Å². The van der Waals surface area contributed by atoms with E-state index in [2.05, 4.69) is 10.4 Å². The molecule has 34 heavy (non-hydrogen) atoms. The molecule has 2 aromatic carbocycles. The minimum Gasteiger partial charge on any atom is -0.458 e. The van der Waals surface area contributed by atoms with Crippen molar-refractivity contribution in [3.05, 3.63) is 82.6 Å². The van der Waals surface area contributed by atoms with Crippen LogP contribution < -0.4 is 5.32 Å². The number of amides is 1. The van der Waals surface area contributed by atoms with E-state index in [-0.39, 0.29) is 12.1 Å². The molecule has 0 aliphatic carbocycles. The van der Waals surface area contributed by atoms with Crippen molar-refractivity contribution in [1.82, 2.24) is 15.1 Å². The summed E-state index contributed by atoms with van der Waals surface area (Å²) in [7, 11) is 0. The molecule has 0 fully saturated rings. The predicted octanol–water partition coefficient (Wildman–Crippen LogP) is 5.23. The van der Waals surface area contributed by atoms with Crippen LogP contribution in [0.1, 0.15) is 42.4 Å². The van der Waals surface area contributed by atoms with Gasteiger partial charge in [-0.15, -0.1) is 0 Å². The van der Waals surface area contributed by atoms with Crippen LogP contribution in [0, 0.1) is 0 Å². The maximum Gasteiger partial charge on any atom is 0.434 e. The molecule has 1 atom stereocenters. The minimum atomic E-state index is -4.90. The number of carbonyl (C=O) groups excluding carboxylic acids is 2. The fraction of sp³-hybridized carbons (Fsp3) is 0.292. The van der Waals surface area contributed by atoms with E-state index in [1.165, 1.54) is 24.3 Å². The molecule has 1 heterocycles. The fourth-order valence-corrected chi connectivity index (χ4v) is 3.34. The molecule has 1 amide bonds. The summed E-state index contributed by atoms with van der Waals surface area (Å²) in [6, 6.07) is 13.1. The van der Waals surface area contributed by atoms with Crippen molar-refractivity contribution >= 4 is 23.5 Å². The number of halogens is 4. The summed E-state index contributed by atoms with van der Waals surface area (Å²) in [6.45, 7) is 4.97. The topological polar surface area (TPSA) is 73.2 Å². The fourth-order valence-electron chi connectivity index (χ4n) is 3.22. The number of aromatic nitrogens is 2. The van der Waals surface area contributed by atoms with E-state index in [1.807, 2.05) is 0 Å². The van der Waals surface area contributed by atoms with Crippen LogP contribution in [-0.2, 0) is 22.1 Å². The van der Waals surface area contributed by atoms with Crippen molar-refractivity contribution < 1.29 is 27.5 Å². The first-order valence-corrected chi connectivity index (χ1v) is 10.7. The Bertz CT molecular complexity index is 1150. The summed E-state index contributed by atoms with van der Waals surface area (Å²) in [5, 5.41) is 6.51. The van der Waals surface area contributed by atoms with Gasteiger partial charge < -0.3 is 10.1 Å². The van der Waals surface area contributed by atoms with Crippen LogP contribution >= 0.6 is 11.6 Å². The number of hydrogen-bond donors (Lipinski definition) is 1. The van der Waals surface area contributed by atoms with Crippen molar-refractivity contribution in [2.75, 3.05) is 0 Å². The Morgan fingerprint density at radius 1 is 1.06 bits per heavy atom. The third-order valence-electron chi connectivity index (χ3n) is 4.63. The predicted molar refractivity (Wildman–Crippen MR) is 121 cm³/mol. The van der Waals surface area contributed by atoms with Crippen LogP contribution in [0.25, 0.3) is 5.69 Å². The number of hydrogen-bond acceptors (Lipinski definition) is 4. The van der Waals surface area contributed by atoms with Crippen LogP contribution in [0.3, 0.4) is 0 Å². The number of nitrogens with one attached hydrogen (secondary N) is 1. The molecule has 0 aliphatic rings. The standard InChI is InChI=1S/C24H23ClF3N3O3/c1-23(2,3)34-22(33)19(13-15-7-5-4-6-8-15)30-21(32)18-14-29-31(20(18)24(26,27)28)17-11-9-16(25)10-12-17/h4-12,14,19H,13H2,1-3H3,(H,30,32). The third kappa shape index (κ3) is 6.38. The van der Waals surface area contributed by atoms with E-state index in [9.17, 15) is 22.8 Å². The number of rotatable bonds is 6. The monoisotopic (exact) mass is 493 g/mol. The van der Waals surface area contributed by atoms with Crippen molar-refractivity contribution in [3.8, 4) is 5.69 Å². The number of ether oxygens (including phenoxy) is 1. The van der Waals surface area contributed by atoms with Crippen molar-refractivity contribution in [3.63, 3.8) is 0 Å². The number of carbonyl (C=O) groups is 2. The second-order valence-electron chi connectivity index (χ2n) is 8.54. The van der Waals surface area contributed by atoms with E-state index < -0.39 is 41.0 Å². The van der Waals surface area contributed by atoms with Crippen molar-refractivity contribution in [1.29, 1.82) is 0 Å². The second-order valence-corrected chi connectivity index (χ2v) is 8.98. The summed E-state index contributed by atoms with van der Waals surface area (Å²) < 4.78 is 47.9. The Morgan fingerprint density at radius 2 is 1.68 bits per heavy atom. The highest BCUT2D eigenvalue weighted by Gasteiger charge is 2.41. The van der Waals surface area contributed by atoms with Gasteiger partial charge in [0.15, 0.2) is 5.69 Å². The minimum absolute atomic E-state index is 0.0359. The van der Waals surface area contributed by atoms with Gasteiger partial charge in [-0.3, -0.25) is 4.79 Å². The average Bonchev–Trinajstić information content (AvgIpc) is 3.19. The van der Waals surface area contributed by atoms with Gasteiger partial charge in [-0.25, -0.2) is 9.48 Å². The van der Waals surface area contributed by atoms with Gasteiger partial charge in [-0.2, -0.15) is 18.3 Å². The normalized spacial score (nSPS) is 12.8. The molecular formula is C24H23ClF3N3O3. The van der Waals surface area contributed by atoms with E-state index in [0.29, 0.717) is 15.3 Å². The van der Waals surface area contributed by atoms with Crippen LogP contribution in [0.2, 0.25) is 5.02 Å². The van der Waals surface area contributed by atoms with Crippen molar-refractivity contribution in [2.45, 2.75) is 45.0 Å². The van der Waals surface area contributed by atoms with Gasteiger partial charge in [0.1, 0.15) is 11.6 Å². The van der Waals surface area contributed by atoms with Gasteiger partial charge in [0.05, 0.1) is 17.4 Å². The SMILES string of the molecule is CC(C)(C)OC(=O)C(Cc1ccccc1)NC(=O)c1cnn(-c2ccc(Cl)cc2)c1C(F)(F)F. The molecule has 0 saturated heterocycles. The van der Waals surface area contributed by atoms with Crippen LogP contribution in [-0.4, -0.2) is 33.3 Å². The first kappa shape index (κ1) is 25.3. The highest BCUT2D eigenvalue weighted by molar-refractivity contribution is 6.30. The number of benzene rings is 2. The molecule has 0 saturated carbocycles. The van der Waals surface area contributed by atoms with Crippen LogP contribution in [0.4, 0.5) is 13.2 Å². The zero-order chi connectivity index (χ0) is 25.1. The molecule has 1 N–H and O–H groups in total. The number of nitrogens with zero attached hydrogens (tertiary/aromatic N) is 2. The second kappa shape index (κ2) is 9.89. The van der Waals surface area contributed by atoms with E-state index >= 15 is 0 Å². The molecule has 0 spiro atoms. The molecule has 1 unspecified atom stereocenters. The lowest BCUT2D eigenvalue weighted by Gasteiger charge is -2.25. The lowest BCUT2D eigenvalue weighted by molar-refractivity contribution is -0.157. The molecule has 3 aromatic rings. The highest BCUT2D eigenvalue weighted by atomic mass is 35.5. The molecule has 180 valence electrons. The van der Waals surface area contributed by atoms with Gasteiger partial charge in [0.25, 0.3) is 5.91 Å². The van der Waals surface area contributed by atoms with E-state index in [4.69, 9.17) is 16.3 Å². The molecule has 6 nitrogen and oxygen atoms in total. The first-order valence-electron chi connectivity index (χ1n) is 10.3. The zero-order valence-corrected chi connectivity index (χ0v) is 19.4. The highest BCUT2D eigenvalue weighted by Crippen LogP contribution is 2.34. The summed E-state index contributed by atoms with van der Waals surface area (Å²) in [4.78, 5) is 25.8. The van der Waals surface area contributed by atoms with E-state index in [1.54, 1.807) is 51.1 Å². The van der Waals surface area contributed by atoms with Gasteiger partial charge in [-0.1, -0.05) is 41.9 Å². The Balaban J connectivity index is 1.95. The maximum absolute atomic E-state index is 14.0. The lowest BCUT2D eigenvalue weighted by atomic mass is 10.0. The zero-order valence-electron chi connectivity index (χ0n) is 18.7. The Kier molecular flexibility index (Phi) is 7.35. The Hall–Kier alpha value is -3.33. The maximum atomic E-state index is 14.0. The molecule has 3 rings (SSSR count). The first-order chi connectivity index (χ1) is 15.8. The van der Waals surface area contributed by atoms with Gasteiger partial charge >= 0.3 is 12.1 Å². The molecule has 0 radical (unpaired) electrons. The van der Waals surface area contributed by atoms with Gasteiger partial charge in [-0.05, 0) is 50.6 Å². The summed E-state index contributed by atoms with van der Waals surface area (Å²) in [6.07, 6.45) is -4.04. The summed E-state index contributed by atoms with van der Waals surface area (Å²) in [5.74, 6) is -1.86. The van der Waals surface area contributed by atoms with Crippen LogP contribution in [0.15, 0.2) is 60.8 Å². The smallest absolute Gasteiger partial charge is 0.434 e. The lowest BCUT2D eigenvalue weighted by Crippen LogP contribution is -2.45. The molecule has 10 heteroatoms. The number of alkyl halides is 3. The Labute approximate surface area is 199 Å². The van der Waals surface area contributed by atoms with Gasteiger partial charge in [0, 0.05) is 11.4 Å². The molecule has 1 aromatic heterocycles. The van der Waals surface area contributed by atoms with Gasteiger partial charge in [0.2, 0.25) is 0 Å². The molecular weight excluding hydrogens is 471 g/mol. The Morgan fingerprint density at radius 3 is 2.24 bits per heavy atom. The summed E-state index contributed by atoms with van der Waals surface area (Å²) in [5.41, 5.74) is -2.07. The quantitative estimate of drug-likeness (QED) is 0.477.